The van der Waals surface area contributed by atoms with Gasteiger partial charge in [0.2, 0.25) is 11.8 Å². The highest BCUT2D eigenvalue weighted by atomic mass is 35.5. The van der Waals surface area contributed by atoms with E-state index in [1.54, 1.807) is 35.2 Å². The van der Waals surface area contributed by atoms with Crippen molar-refractivity contribution in [2.45, 2.75) is 58.0 Å². The zero-order chi connectivity index (χ0) is 23.9. The van der Waals surface area contributed by atoms with E-state index in [-0.39, 0.29) is 17.6 Å². The maximum atomic E-state index is 13.3. The molecule has 0 radical (unpaired) electrons. The molecule has 0 aliphatic carbocycles. The fourth-order valence-electron chi connectivity index (χ4n) is 3.15. The summed E-state index contributed by atoms with van der Waals surface area (Å²) in [6.07, 6.45) is 0.502. The first kappa shape index (κ1) is 26.8. The van der Waals surface area contributed by atoms with E-state index in [4.69, 9.17) is 34.8 Å². The molecule has 0 fully saturated rings. The van der Waals surface area contributed by atoms with E-state index >= 15 is 0 Å². The Hall–Kier alpha value is -1.40. The molecule has 8 heteroatoms. The van der Waals surface area contributed by atoms with Gasteiger partial charge in [0.05, 0.1) is 5.75 Å². The lowest BCUT2D eigenvalue weighted by Crippen LogP contribution is -2.53. The van der Waals surface area contributed by atoms with Crippen molar-refractivity contribution in [3.8, 4) is 0 Å². The monoisotopic (exact) mass is 514 g/mol. The predicted octanol–water partition coefficient (Wildman–Crippen LogP) is 6.60. The number of halogens is 3. The van der Waals surface area contributed by atoms with Gasteiger partial charge in [-0.05, 0) is 62.6 Å². The summed E-state index contributed by atoms with van der Waals surface area (Å²) in [7, 11) is 0. The van der Waals surface area contributed by atoms with Crippen molar-refractivity contribution in [1.82, 2.24) is 10.2 Å². The van der Waals surface area contributed by atoms with E-state index < -0.39 is 11.6 Å². The lowest BCUT2D eigenvalue weighted by molar-refractivity contribution is -0.140. The summed E-state index contributed by atoms with van der Waals surface area (Å²) in [6, 6.07) is 12.1. The van der Waals surface area contributed by atoms with E-state index in [9.17, 15) is 9.59 Å². The molecular weight excluding hydrogens is 487 g/mol. The van der Waals surface area contributed by atoms with Gasteiger partial charge in [0.15, 0.2) is 0 Å². The van der Waals surface area contributed by atoms with Crippen molar-refractivity contribution >= 4 is 58.4 Å². The number of amides is 2. The van der Waals surface area contributed by atoms with E-state index in [0.717, 1.165) is 11.1 Å². The molecule has 1 N–H and O–H groups in total. The second-order valence-corrected chi connectivity index (χ2v) is 10.7. The van der Waals surface area contributed by atoms with Crippen LogP contribution >= 0.6 is 46.6 Å². The molecule has 0 aliphatic rings. The molecule has 0 heterocycles. The minimum atomic E-state index is -0.582. The molecule has 0 unspecified atom stereocenters. The van der Waals surface area contributed by atoms with E-state index in [2.05, 4.69) is 5.32 Å². The number of thioether (sulfide) groups is 1. The highest BCUT2D eigenvalue weighted by Gasteiger charge is 2.30. The first-order valence-electron chi connectivity index (χ1n) is 10.4. The highest BCUT2D eigenvalue weighted by molar-refractivity contribution is 7.99. The first-order valence-corrected chi connectivity index (χ1v) is 12.7. The Morgan fingerprint density at radius 2 is 1.62 bits per heavy atom. The third-order valence-corrected chi connectivity index (χ3v) is 6.59. The van der Waals surface area contributed by atoms with Gasteiger partial charge in [-0.2, -0.15) is 0 Å². The molecule has 0 aromatic heterocycles. The highest BCUT2D eigenvalue weighted by Crippen LogP contribution is 2.28. The van der Waals surface area contributed by atoms with E-state index in [1.807, 2.05) is 39.8 Å². The van der Waals surface area contributed by atoms with Crippen LogP contribution in [0.25, 0.3) is 0 Å². The van der Waals surface area contributed by atoms with Crippen LogP contribution in [0, 0.1) is 0 Å². The Bertz CT molecular complexity index is 910. The molecule has 0 bridgehead atoms. The van der Waals surface area contributed by atoms with Gasteiger partial charge in [0.1, 0.15) is 6.04 Å². The van der Waals surface area contributed by atoms with E-state index in [1.165, 1.54) is 11.8 Å². The molecule has 174 valence electrons. The number of carbonyl (C=O) groups excluding carboxylic acids is 2. The van der Waals surface area contributed by atoms with Crippen molar-refractivity contribution in [3.05, 3.63) is 68.7 Å². The molecule has 0 saturated heterocycles. The van der Waals surface area contributed by atoms with Crippen LogP contribution in [0.2, 0.25) is 15.1 Å². The second-order valence-electron chi connectivity index (χ2n) is 8.50. The Morgan fingerprint density at radius 1 is 1.03 bits per heavy atom. The predicted molar refractivity (Wildman–Crippen MR) is 137 cm³/mol. The van der Waals surface area contributed by atoms with Gasteiger partial charge in [-0.1, -0.05) is 59.9 Å². The van der Waals surface area contributed by atoms with Crippen LogP contribution in [0.5, 0.6) is 0 Å². The lowest BCUT2D eigenvalue weighted by atomic mass is 10.1. The third-order valence-electron chi connectivity index (χ3n) is 4.68. The topological polar surface area (TPSA) is 49.4 Å². The third kappa shape index (κ3) is 8.18. The Balaban J connectivity index is 2.18. The zero-order valence-corrected chi connectivity index (χ0v) is 21.8. The van der Waals surface area contributed by atoms with Gasteiger partial charge < -0.3 is 10.2 Å². The molecule has 0 spiro atoms. The molecule has 2 rings (SSSR count). The molecule has 4 nitrogen and oxygen atoms in total. The molecule has 2 amide bonds. The first-order chi connectivity index (χ1) is 15.0. The average Bonchev–Trinajstić information content (AvgIpc) is 2.70. The maximum absolute atomic E-state index is 13.3. The largest absolute Gasteiger partial charge is 0.350 e. The summed E-state index contributed by atoms with van der Waals surface area (Å²) in [4.78, 5) is 27.9. The van der Waals surface area contributed by atoms with Gasteiger partial charge in [0.25, 0.3) is 0 Å². The molecule has 1 atom stereocenters. The van der Waals surface area contributed by atoms with Crippen molar-refractivity contribution in [2.75, 3.05) is 5.75 Å². The molecule has 0 aliphatic heterocycles. The van der Waals surface area contributed by atoms with Crippen molar-refractivity contribution < 1.29 is 9.59 Å². The van der Waals surface area contributed by atoms with Crippen LogP contribution in [0.3, 0.4) is 0 Å². The average molecular weight is 516 g/mol. The van der Waals surface area contributed by atoms with Crippen molar-refractivity contribution in [1.29, 1.82) is 0 Å². The van der Waals surface area contributed by atoms with Gasteiger partial charge in [0, 0.05) is 32.9 Å². The van der Waals surface area contributed by atoms with Crippen molar-refractivity contribution in [3.63, 3.8) is 0 Å². The zero-order valence-electron chi connectivity index (χ0n) is 18.8. The van der Waals surface area contributed by atoms with E-state index in [0.29, 0.717) is 33.8 Å². The van der Waals surface area contributed by atoms with Crippen LogP contribution in [0.1, 0.15) is 45.2 Å². The summed E-state index contributed by atoms with van der Waals surface area (Å²) in [5.41, 5.74) is 1.31. The van der Waals surface area contributed by atoms with Crippen LogP contribution in [0.15, 0.2) is 42.5 Å². The Kier molecular flexibility index (Phi) is 10.2. The smallest absolute Gasteiger partial charge is 0.243 e. The summed E-state index contributed by atoms with van der Waals surface area (Å²) < 4.78 is 0. The summed E-state index contributed by atoms with van der Waals surface area (Å²) in [5.74, 6) is 0.420. The number of benzene rings is 2. The molecule has 32 heavy (non-hydrogen) atoms. The molecule has 2 aromatic carbocycles. The Labute approximate surface area is 210 Å². The normalized spacial score (nSPS) is 12.3. The Morgan fingerprint density at radius 3 is 2.16 bits per heavy atom. The number of hydrogen-bond acceptors (Lipinski definition) is 3. The minimum absolute atomic E-state index is 0.121. The number of rotatable bonds is 9. The van der Waals surface area contributed by atoms with Gasteiger partial charge >= 0.3 is 0 Å². The summed E-state index contributed by atoms with van der Waals surface area (Å²) in [6.45, 7) is 8.00. The van der Waals surface area contributed by atoms with Crippen LogP contribution in [-0.4, -0.2) is 34.0 Å². The number of nitrogens with one attached hydrogen (secondary N) is 1. The van der Waals surface area contributed by atoms with Crippen LogP contribution in [0.4, 0.5) is 0 Å². The molecule has 2 aromatic rings. The van der Waals surface area contributed by atoms with Gasteiger partial charge in [-0.15, -0.1) is 11.8 Å². The lowest BCUT2D eigenvalue weighted by Gasteiger charge is -2.33. The van der Waals surface area contributed by atoms with Crippen LogP contribution in [-0.2, 0) is 21.9 Å². The maximum Gasteiger partial charge on any atom is 0.243 e. The second kappa shape index (κ2) is 12.2. The fraction of sp³-hybridized carbons (Fsp3) is 0.417. The number of carbonyl (C=O) groups is 2. The standard InChI is InChI=1S/C24H29Cl3N2O2S/c1-5-21(23(31)28-24(2,3)4)29(13-16-9-11-17(25)12-10-16)22(30)15-32-14-18-19(26)7-6-8-20(18)27/h6-12,21H,5,13-15H2,1-4H3,(H,28,31)/t21-/m1/s1. The minimum Gasteiger partial charge on any atom is -0.350 e. The number of hydrogen-bond donors (Lipinski definition) is 1. The molecule has 0 saturated carbocycles. The molecular formula is C24H29Cl3N2O2S. The number of nitrogens with zero attached hydrogens (tertiary/aromatic N) is 1. The van der Waals surface area contributed by atoms with Gasteiger partial charge in [-0.3, -0.25) is 9.59 Å². The van der Waals surface area contributed by atoms with Crippen LogP contribution < -0.4 is 5.32 Å². The summed E-state index contributed by atoms with van der Waals surface area (Å²) in [5, 5.41) is 4.77. The SMILES string of the molecule is CC[C@H](C(=O)NC(C)(C)C)N(Cc1ccc(Cl)cc1)C(=O)CSCc1c(Cl)cccc1Cl. The summed E-state index contributed by atoms with van der Waals surface area (Å²) >= 11 is 19.9. The van der Waals surface area contributed by atoms with Gasteiger partial charge in [-0.25, -0.2) is 0 Å². The quantitative estimate of drug-likeness (QED) is 0.409. The van der Waals surface area contributed by atoms with Crippen molar-refractivity contribution in [2.24, 2.45) is 0 Å². The fourth-order valence-corrected chi connectivity index (χ4v) is 4.93.